The van der Waals surface area contributed by atoms with Crippen molar-refractivity contribution >= 4 is 0 Å². The minimum atomic E-state index is 0.248. The van der Waals surface area contributed by atoms with E-state index in [9.17, 15) is 0 Å². The van der Waals surface area contributed by atoms with Gasteiger partial charge in [-0.2, -0.15) is 0 Å². The van der Waals surface area contributed by atoms with E-state index in [0.29, 0.717) is 31.1 Å². The third-order valence-electron chi connectivity index (χ3n) is 4.32. The summed E-state index contributed by atoms with van der Waals surface area (Å²) in [7, 11) is 0. The van der Waals surface area contributed by atoms with Gasteiger partial charge in [0, 0.05) is 11.8 Å². The highest BCUT2D eigenvalue weighted by atomic mass is 16.5. The molecule has 1 aromatic carbocycles. The molecule has 2 rings (SSSR count). The fourth-order valence-electron chi connectivity index (χ4n) is 3.14. The van der Waals surface area contributed by atoms with E-state index >= 15 is 0 Å². The van der Waals surface area contributed by atoms with Gasteiger partial charge in [0.05, 0.1) is 25.4 Å². The van der Waals surface area contributed by atoms with Gasteiger partial charge in [-0.25, -0.2) is 0 Å². The summed E-state index contributed by atoms with van der Waals surface area (Å²) >= 11 is 0. The molecule has 0 amide bonds. The van der Waals surface area contributed by atoms with Crippen LogP contribution in [-0.2, 0) is 16.1 Å². The van der Waals surface area contributed by atoms with Crippen molar-refractivity contribution in [2.75, 3.05) is 13.2 Å². The van der Waals surface area contributed by atoms with E-state index < -0.39 is 0 Å². The number of hydrogen-bond donors (Lipinski definition) is 1. The molecule has 1 heterocycles. The summed E-state index contributed by atoms with van der Waals surface area (Å²) in [6, 6.07) is 10.4. The Kier molecular flexibility index (Phi) is 6.02. The first-order valence-electron chi connectivity index (χ1n) is 7.73. The molecule has 0 unspecified atom stereocenters. The molecular weight excluding hydrogens is 250 g/mol. The highest BCUT2D eigenvalue weighted by Crippen LogP contribution is 2.31. The van der Waals surface area contributed by atoms with Gasteiger partial charge in [0.15, 0.2) is 0 Å². The van der Waals surface area contributed by atoms with Crippen molar-refractivity contribution in [3.63, 3.8) is 0 Å². The second-order valence-electron chi connectivity index (χ2n) is 5.74. The zero-order valence-corrected chi connectivity index (χ0v) is 12.6. The van der Waals surface area contributed by atoms with E-state index in [4.69, 9.17) is 15.2 Å². The molecule has 1 saturated heterocycles. The van der Waals surface area contributed by atoms with Crippen LogP contribution in [0.4, 0.5) is 0 Å². The molecule has 3 nitrogen and oxygen atoms in total. The van der Waals surface area contributed by atoms with Crippen molar-refractivity contribution in [2.24, 2.45) is 17.6 Å². The fraction of sp³-hybridized carbons (Fsp3) is 0.647. The number of rotatable bonds is 6. The van der Waals surface area contributed by atoms with Gasteiger partial charge < -0.3 is 15.2 Å². The van der Waals surface area contributed by atoms with Crippen LogP contribution in [0.3, 0.4) is 0 Å². The Morgan fingerprint density at radius 3 is 2.70 bits per heavy atom. The third kappa shape index (κ3) is 3.81. The second kappa shape index (κ2) is 7.77. The van der Waals surface area contributed by atoms with E-state index in [0.717, 1.165) is 19.4 Å². The largest absolute Gasteiger partial charge is 0.377 e. The van der Waals surface area contributed by atoms with E-state index in [1.807, 2.05) is 6.07 Å². The van der Waals surface area contributed by atoms with Crippen LogP contribution in [0.2, 0.25) is 0 Å². The average Bonchev–Trinajstić information content (AvgIpc) is 2.48. The summed E-state index contributed by atoms with van der Waals surface area (Å²) in [5, 5.41) is 0. The molecule has 20 heavy (non-hydrogen) atoms. The van der Waals surface area contributed by atoms with Gasteiger partial charge in [0.1, 0.15) is 0 Å². The van der Waals surface area contributed by atoms with Crippen LogP contribution in [0.5, 0.6) is 0 Å². The zero-order valence-electron chi connectivity index (χ0n) is 12.6. The Hall–Kier alpha value is -0.900. The maximum absolute atomic E-state index is 6.24. The van der Waals surface area contributed by atoms with Crippen molar-refractivity contribution in [1.82, 2.24) is 0 Å². The number of ether oxygens (including phenoxy) is 2. The second-order valence-corrected chi connectivity index (χ2v) is 5.74. The minimum absolute atomic E-state index is 0.248. The fourth-order valence-corrected chi connectivity index (χ4v) is 3.14. The Morgan fingerprint density at radius 2 is 2.05 bits per heavy atom. The van der Waals surface area contributed by atoms with Crippen LogP contribution in [0.1, 0.15) is 32.3 Å². The Bertz CT molecular complexity index is 380. The lowest BCUT2D eigenvalue weighted by molar-refractivity contribution is -0.152. The SMILES string of the molecule is CC[C@H]1OC[C@@H](CCN)[C@@H](OCc2ccccc2)[C@H]1C. The van der Waals surface area contributed by atoms with E-state index in [1.54, 1.807) is 0 Å². The smallest absolute Gasteiger partial charge is 0.0720 e. The number of nitrogens with two attached hydrogens (primary N) is 1. The van der Waals surface area contributed by atoms with Crippen LogP contribution < -0.4 is 5.73 Å². The van der Waals surface area contributed by atoms with Crippen molar-refractivity contribution in [3.05, 3.63) is 35.9 Å². The first-order chi connectivity index (χ1) is 9.76. The van der Waals surface area contributed by atoms with Crippen LogP contribution in [0, 0.1) is 11.8 Å². The summed E-state index contributed by atoms with van der Waals surface area (Å²) in [5.74, 6) is 0.843. The molecule has 0 bridgehead atoms. The molecular formula is C17H27NO2. The first kappa shape index (κ1) is 15.5. The highest BCUT2D eigenvalue weighted by molar-refractivity contribution is 5.13. The summed E-state index contributed by atoms with van der Waals surface area (Å²) in [4.78, 5) is 0. The van der Waals surface area contributed by atoms with Crippen LogP contribution >= 0.6 is 0 Å². The maximum Gasteiger partial charge on any atom is 0.0720 e. The predicted molar refractivity (Wildman–Crippen MR) is 81.4 cm³/mol. The van der Waals surface area contributed by atoms with Crippen LogP contribution in [0.25, 0.3) is 0 Å². The third-order valence-corrected chi connectivity index (χ3v) is 4.32. The van der Waals surface area contributed by atoms with Crippen LogP contribution in [-0.4, -0.2) is 25.4 Å². The highest BCUT2D eigenvalue weighted by Gasteiger charge is 2.37. The molecule has 112 valence electrons. The van der Waals surface area contributed by atoms with E-state index in [1.165, 1.54) is 5.56 Å². The number of hydrogen-bond acceptors (Lipinski definition) is 3. The maximum atomic E-state index is 6.24. The van der Waals surface area contributed by atoms with Gasteiger partial charge in [-0.15, -0.1) is 0 Å². The standard InChI is InChI=1S/C17H27NO2/c1-3-16-13(2)17(15(9-10-18)12-19-16)20-11-14-7-5-4-6-8-14/h4-8,13,15-17H,3,9-12,18H2,1-2H3/t13-,15+,16+,17-/m0/s1. The molecule has 0 aliphatic carbocycles. The lowest BCUT2D eigenvalue weighted by Gasteiger charge is -2.41. The Morgan fingerprint density at radius 1 is 1.30 bits per heavy atom. The van der Waals surface area contributed by atoms with Crippen molar-refractivity contribution in [3.8, 4) is 0 Å². The number of benzene rings is 1. The molecule has 1 aromatic rings. The molecule has 0 saturated carbocycles. The molecule has 3 heteroatoms. The first-order valence-corrected chi connectivity index (χ1v) is 7.73. The van der Waals surface area contributed by atoms with Gasteiger partial charge in [0.25, 0.3) is 0 Å². The molecule has 4 atom stereocenters. The molecule has 2 N–H and O–H groups in total. The van der Waals surface area contributed by atoms with Crippen molar-refractivity contribution in [1.29, 1.82) is 0 Å². The van der Waals surface area contributed by atoms with Crippen molar-refractivity contribution < 1.29 is 9.47 Å². The summed E-state index contributed by atoms with van der Waals surface area (Å²) in [6.45, 7) is 6.57. The quantitative estimate of drug-likeness (QED) is 0.869. The van der Waals surface area contributed by atoms with Gasteiger partial charge in [-0.1, -0.05) is 44.2 Å². The molecule has 0 aromatic heterocycles. The average molecular weight is 277 g/mol. The normalized spacial score (nSPS) is 30.4. The molecule has 1 aliphatic heterocycles. The minimum Gasteiger partial charge on any atom is -0.377 e. The molecule has 1 fully saturated rings. The monoisotopic (exact) mass is 277 g/mol. The molecule has 1 aliphatic rings. The lowest BCUT2D eigenvalue weighted by atomic mass is 9.83. The van der Waals surface area contributed by atoms with Gasteiger partial charge in [-0.3, -0.25) is 0 Å². The van der Waals surface area contributed by atoms with Crippen molar-refractivity contribution in [2.45, 2.75) is 45.5 Å². The van der Waals surface area contributed by atoms with Crippen LogP contribution in [0.15, 0.2) is 30.3 Å². The van der Waals surface area contributed by atoms with Gasteiger partial charge >= 0.3 is 0 Å². The summed E-state index contributed by atoms with van der Waals surface area (Å²) < 4.78 is 12.2. The Balaban J connectivity index is 1.99. The van der Waals surface area contributed by atoms with E-state index in [-0.39, 0.29) is 6.10 Å². The predicted octanol–water partition coefficient (Wildman–Crippen LogP) is 2.98. The molecule has 0 radical (unpaired) electrons. The Labute approximate surface area is 122 Å². The zero-order chi connectivity index (χ0) is 14.4. The van der Waals surface area contributed by atoms with Gasteiger partial charge in [-0.05, 0) is 24.9 Å². The lowest BCUT2D eigenvalue weighted by Crippen LogP contribution is -2.46. The summed E-state index contributed by atoms with van der Waals surface area (Å²) in [6.07, 6.45) is 2.57. The topological polar surface area (TPSA) is 44.5 Å². The van der Waals surface area contributed by atoms with Gasteiger partial charge in [0.2, 0.25) is 0 Å². The molecule has 0 spiro atoms. The summed E-state index contributed by atoms with van der Waals surface area (Å²) in [5.41, 5.74) is 6.96. The van der Waals surface area contributed by atoms with E-state index in [2.05, 4.69) is 38.1 Å².